The third kappa shape index (κ3) is 5.62. The number of nitrogens with zero attached hydrogens (tertiary/aromatic N) is 6. The molecule has 0 saturated carbocycles. The Labute approximate surface area is 240 Å². The zero-order chi connectivity index (χ0) is 29.3. The summed E-state index contributed by atoms with van der Waals surface area (Å²) in [5.41, 5.74) is 0.00116. The number of amides is 1. The highest BCUT2D eigenvalue weighted by atomic mass is 32.2. The number of benzene rings is 2. The number of piperazine rings is 1. The molecule has 6 rings (SSSR count). The van der Waals surface area contributed by atoms with Crippen molar-refractivity contribution >= 4 is 23.4 Å². The predicted octanol–water partition coefficient (Wildman–Crippen LogP) is 5.93. The summed E-state index contributed by atoms with van der Waals surface area (Å²) in [5.74, 6) is 0.285. The molecule has 14 heteroatoms. The Balaban J connectivity index is 1.16. The number of halogens is 4. The van der Waals surface area contributed by atoms with E-state index in [1.165, 1.54) is 35.3 Å². The SMILES string of the molecule is O=C(c1coc(CSc2nnc(-c3ccco3)n2-c2cccc(C(F)(F)F)c2)n1)N1CCN(c2ccccc2F)CC1. The van der Waals surface area contributed by atoms with Crippen LogP contribution in [0.4, 0.5) is 23.2 Å². The Morgan fingerprint density at radius 3 is 2.50 bits per heavy atom. The molecule has 4 heterocycles. The molecular weight excluding hydrogens is 576 g/mol. The van der Waals surface area contributed by atoms with E-state index in [4.69, 9.17) is 8.83 Å². The third-order valence-electron chi connectivity index (χ3n) is 6.66. The lowest BCUT2D eigenvalue weighted by Gasteiger charge is -2.35. The van der Waals surface area contributed by atoms with Crippen molar-refractivity contribution in [3.05, 3.63) is 96.2 Å². The van der Waals surface area contributed by atoms with Crippen LogP contribution in [0.25, 0.3) is 17.3 Å². The molecule has 1 aliphatic rings. The molecule has 9 nitrogen and oxygen atoms in total. The van der Waals surface area contributed by atoms with Gasteiger partial charge in [0.1, 0.15) is 12.1 Å². The molecule has 3 aromatic heterocycles. The molecular formula is C28H22F4N6O3S. The zero-order valence-corrected chi connectivity index (χ0v) is 22.6. The van der Waals surface area contributed by atoms with E-state index in [0.717, 1.165) is 23.9 Å². The third-order valence-corrected chi connectivity index (χ3v) is 7.58. The van der Waals surface area contributed by atoms with Crippen molar-refractivity contribution in [2.24, 2.45) is 0 Å². The van der Waals surface area contributed by atoms with E-state index in [2.05, 4.69) is 15.2 Å². The van der Waals surface area contributed by atoms with Crippen LogP contribution in [-0.4, -0.2) is 56.7 Å². The summed E-state index contributed by atoms with van der Waals surface area (Å²) >= 11 is 1.13. The number of hydrogen-bond donors (Lipinski definition) is 0. The summed E-state index contributed by atoms with van der Waals surface area (Å²) in [6.07, 6.45) is -1.83. The van der Waals surface area contributed by atoms with Gasteiger partial charge in [-0.15, -0.1) is 10.2 Å². The second kappa shape index (κ2) is 11.4. The van der Waals surface area contributed by atoms with Gasteiger partial charge in [-0.3, -0.25) is 9.36 Å². The van der Waals surface area contributed by atoms with Crippen molar-refractivity contribution in [3.63, 3.8) is 0 Å². The summed E-state index contributed by atoms with van der Waals surface area (Å²) < 4.78 is 66.9. The topological polar surface area (TPSA) is 93.4 Å². The second-order valence-electron chi connectivity index (χ2n) is 9.31. The number of carbonyl (C=O) groups is 1. The van der Waals surface area contributed by atoms with E-state index < -0.39 is 11.7 Å². The number of furan rings is 1. The average Bonchev–Trinajstić information content (AvgIpc) is 3.77. The maximum Gasteiger partial charge on any atom is 0.416 e. The number of para-hydroxylation sites is 1. The van der Waals surface area contributed by atoms with Crippen molar-refractivity contribution in [2.75, 3.05) is 31.1 Å². The molecule has 0 bridgehead atoms. The summed E-state index contributed by atoms with van der Waals surface area (Å²) in [4.78, 5) is 20.9. The number of aromatic nitrogens is 4. The van der Waals surface area contributed by atoms with Crippen molar-refractivity contribution in [1.82, 2.24) is 24.6 Å². The van der Waals surface area contributed by atoms with E-state index >= 15 is 0 Å². The lowest BCUT2D eigenvalue weighted by Crippen LogP contribution is -2.49. The van der Waals surface area contributed by atoms with Gasteiger partial charge in [0.25, 0.3) is 5.91 Å². The fraction of sp³-hybridized carbons (Fsp3) is 0.214. The molecule has 0 aliphatic carbocycles. The van der Waals surface area contributed by atoms with Gasteiger partial charge in [0.05, 0.1) is 29.0 Å². The maximum atomic E-state index is 14.1. The minimum atomic E-state index is -4.53. The summed E-state index contributed by atoms with van der Waals surface area (Å²) in [5, 5.41) is 8.59. The molecule has 2 aromatic carbocycles. The van der Waals surface area contributed by atoms with Crippen LogP contribution in [0.5, 0.6) is 0 Å². The summed E-state index contributed by atoms with van der Waals surface area (Å²) in [7, 11) is 0. The first-order valence-corrected chi connectivity index (χ1v) is 13.8. The molecule has 0 unspecified atom stereocenters. The Bertz CT molecular complexity index is 1690. The van der Waals surface area contributed by atoms with Crippen LogP contribution in [0.15, 0.2) is 87.2 Å². The molecule has 0 N–H and O–H groups in total. The van der Waals surface area contributed by atoms with Gasteiger partial charge in [-0.05, 0) is 42.5 Å². The van der Waals surface area contributed by atoms with Gasteiger partial charge in [-0.25, -0.2) is 9.37 Å². The highest BCUT2D eigenvalue weighted by molar-refractivity contribution is 7.98. The quantitative estimate of drug-likeness (QED) is 0.168. The fourth-order valence-electron chi connectivity index (χ4n) is 4.61. The second-order valence-corrected chi connectivity index (χ2v) is 10.3. The Morgan fingerprint density at radius 2 is 1.76 bits per heavy atom. The van der Waals surface area contributed by atoms with Crippen molar-refractivity contribution in [1.29, 1.82) is 0 Å². The first kappa shape index (κ1) is 27.6. The van der Waals surface area contributed by atoms with Crippen molar-refractivity contribution < 1.29 is 31.2 Å². The van der Waals surface area contributed by atoms with Gasteiger partial charge in [0, 0.05) is 26.2 Å². The van der Waals surface area contributed by atoms with Crippen molar-refractivity contribution in [3.8, 4) is 17.3 Å². The first-order valence-electron chi connectivity index (χ1n) is 12.8. The minimum absolute atomic E-state index is 0.126. The van der Waals surface area contributed by atoms with Crippen LogP contribution < -0.4 is 4.90 Å². The molecule has 0 atom stereocenters. The molecule has 216 valence electrons. The number of thioether (sulfide) groups is 1. The maximum absolute atomic E-state index is 14.1. The van der Waals surface area contributed by atoms with Gasteiger partial charge in [-0.1, -0.05) is 30.0 Å². The monoisotopic (exact) mass is 598 g/mol. The molecule has 1 saturated heterocycles. The first-order chi connectivity index (χ1) is 20.3. The van der Waals surface area contributed by atoms with E-state index in [9.17, 15) is 22.4 Å². The highest BCUT2D eigenvalue weighted by Crippen LogP contribution is 2.34. The van der Waals surface area contributed by atoms with Gasteiger partial charge in [-0.2, -0.15) is 13.2 Å². The molecule has 0 spiro atoms. The van der Waals surface area contributed by atoms with Crippen molar-refractivity contribution in [2.45, 2.75) is 17.1 Å². The lowest BCUT2D eigenvalue weighted by molar-refractivity contribution is -0.137. The molecule has 42 heavy (non-hydrogen) atoms. The van der Waals surface area contributed by atoms with Gasteiger partial charge in [0.15, 0.2) is 16.6 Å². The number of anilines is 1. The Morgan fingerprint density at radius 1 is 0.952 bits per heavy atom. The summed E-state index contributed by atoms with van der Waals surface area (Å²) in [6, 6.07) is 14.6. The van der Waals surface area contributed by atoms with Crippen LogP contribution in [0.3, 0.4) is 0 Å². The zero-order valence-electron chi connectivity index (χ0n) is 21.8. The smallest absolute Gasteiger partial charge is 0.416 e. The van der Waals surface area contributed by atoms with E-state index in [1.807, 2.05) is 4.90 Å². The molecule has 0 radical (unpaired) electrons. The molecule has 1 aliphatic heterocycles. The summed E-state index contributed by atoms with van der Waals surface area (Å²) in [6.45, 7) is 1.71. The Kier molecular flexibility index (Phi) is 7.45. The molecule has 1 amide bonds. The van der Waals surface area contributed by atoms with E-state index in [1.54, 1.807) is 35.2 Å². The number of carbonyl (C=O) groups excluding carboxylic acids is 1. The normalized spacial score (nSPS) is 14.0. The van der Waals surface area contributed by atoms with Gasteiger partial charge >= 0.3 is 6.18 Å². The van der Waals surface area contributed by atoms with Crippen LogP contribution >= 0.6 is 11.8 Å². The largest absolute Gasteiger partial charge is 0.461 e. The predicted molar refractivity (Wildman–Crippen MR) is 145 cm³/mol. The number of oxazole rings is 1. The van der Waals surface area contributed by atoms with Crippen LogP contribution in [0.1, 0.15) is 21.9 Å². The number of rotatable bonds is 7. The molecule has 5 aromatic rings. The fourth-order valence-corrected chi connectivity index (χ4v) is 5.41. The highest BCUT2D eigenvalue weighted by Gasteiger charge is 2.31. The number of hydrogen-bond acceptors (Lipinski definition) is 8. The van der Waals surface area contributed by atoms with Crippen LogP contribution in [0.2, 0.25) is 0 Å². The Hall–Kier alpha value is -4.59. The van der Waals surface area contributed by atoms with Crippen LogP contribution in [0, 0.1) is 5.82 Å². The van der Waals surface area contributed by atoms with Gasteiger partial charge in [0.2, 0.25) is 11.7 Å². The van der Waals surface area contributed by atoms with Gasteiger partial charge < -0.3 is 18.6 Å². The van der Waals surface area contributed by atoms with E-state index in [0.29, 0.717) is 37.6 Å². The standard InChI is InChI=1S/C28H22F4N6O3S/c29-20-7-1-2-8-22(20)36-10-12-37(13-11-36)26(39)21-16-41-24(33-21)17-42-27-35-34-25(23-9-4-14-40-23)38(27)19-6-3-5-18(15-19)28(30,31)32/h1-9,14-16H,10-13,17H2. The molecule has 1 fully saturated rings. The minimum Gasteiger partial charge on any atom is -0.461 e. The number of alkyl halides is 3. The van der Waals surface area contributed by atoms with Crippen LogP contribution in [-0.2, 0) is 11.9 Å². The average molecular weight is 599 g/mol. The van der Waals surface area contributed by atoms with E-state index in [-0.39, 0.29) is 45.7 Å². The lowest BCUT2D eigenvalue weighted by atomic mass is 10.2.